The van der Waals surface area contributed by atoms with Crippen LogP contribution in [0.4, 0.5) is 11.4 Å². The number of hydrogen-bond donors (Lipinski definition) is 0. The van der Waals surface area contributed by atoms with Crippen LogP contribution in [0.15, 0.2) is 64.5 Å². The molecular weight excluding hydrogens is 411 g/mol. The number of hydrogen-bond acceptors (Lipinski definition) is 6. The summed E-state index contributed by atoms with van der Waals surface area (Å²) in [5.74, 6) is 0.286. The summed E-state index contributed by atoms with van der Waals surface area (Å²) in [4.78, 5) is 6.43. The van der Waals surface area contributed by atoms with Crippen LogP contribution in [0.5, 0.6) is 5.75 Å². The summed E-state index contributed by atoms with van der Waals surface area (Å²) in [6, 6.07) is 16.2. The van der Waals surface area contributed by atoms with E-state index in [1.807, 2.05) is 30.1 Å². The minimum Gasteiger partial charge on any atom is -0.744 e. The Morgan fingerprint density at radius 3 is 2.33 bits per heavy atom. The summed E-state index contributed by atoms with van der Waals surface area (Å²) >= 11 is 0. The van der Waals surface area contributed by atoms with E-state index in [1.54, 1.807) is 30.5 Å². The summed E-state index contributed by atoms with van der Waals surface area (Å²) in [5, 5.41) is 0.918. The standard InChI is InChI=1S/C22H20N2O4S.Na/c1-21(2)16-10-6-7-11-17(16)24(3)22(21)13-23-20-15-9-5-4-8-14(15)19(29(25,26)27)12-18(20)28-22;/h4-13H,1-3H3,(H,25,26,27);/q;+1/p-1. The Morgan fingerprint density at radius 1 is 1.03 bits per heavy atom. The van der Waals surface area contributed by atoms with Gasteiger partial charge in [0.25, 0.3) is 0 Å². The smallest absolute Gasteiger partial charge is 0.744 e. The molecule has 6 nitrogen and oxygen atoms in total. The number of likely N-dealkylation sites (N-methyl/N-ethyl adjacent to an activating group) is 1. The molecular formula is C22H19N2NaO4S. The SMILES string of the molecule is CN1c2ccccc2C(C)(C)C12C=Nc1c(cc(S(=O)(=O)[O-])c3ccccc13)O2.[Na+]. The number of benzene rings is 3. The number of nitrogens with zero attached hydrogens (tertiary/aromatic N) is 2. The van der Waals surface area contributed by atoms with Gasteiger partial charge in [-0.2, -0.15) is 0 Å². The monoisotopic (exact) mass is 430 g/mol. The predicted molar refractivity (Wildman–Crippen MR) is 111 cm³/mol. The molecule has 0 N–H and O–H groups in total. The average molecular weight is 430 g/mol. The van der Waals surface area contributed by atoms with Crippen molar-refractivity contribution in [1.82, 2.24) is 0 Å². The van der Waals surface area contributed by atoms with Crippen LogP contribution in [0, 0.1) is 0 Å². The van der Waals surface area contributed by atoms with Crippen molar-refractivity contribution in [2.45, 2.75) is 29.9 Å². The number of fused-ring (bicyclic) bond motifs is 4. The Bertz CT molecular complexity index is 1320. The molecule has 2 aliphatic rings. The molecule has 8 heteroatoms. The third-order valence-corrected chi connectivity index (χ3v) is 7.06. The summed E-state index contributed by atoms with van der Waals surface area (Å²) in [7, 11) is -2.76. The topological polar surface area (TPSA) is 82.0 Å². The van der Waals surface area contributed by atoms with Crippen molar-refractivity contribution >= 4 is 38.5 Å². The number of rotatable bonds is 1. The molecule has 148 valence electrons. The van der Waals surface area contributed by atoms with E-state index in [0.717, 1.165) is 11.3 Å². The molecule has 30 heavy (non-hydrogen) atoms. The fourth-order valence-electron chi connectivity index (χ4n) is 4.60. The van der Waals surface area contributed by atoms with Gasteiger partial charge in [-0.15, -0.1) is 0 Å². The molecule has 1 unspecified atom stereocenters. The molecule has 3 aromatic rings. The van der Waals surface area contributed by atoms with E-state index >= 15 is 0 Å². The molecule has 0 saturated carbocycles. The van der Waals surface area contributed by atoms with E-state index < -0.39 is 21.3 Å². The van der Waals surface area contributed by atoms with Gasteiger partial charge in [-0.1, -0.05) is 42.5 Å². The van der Waals surface area contributed by atoms with Gasteiger partial charge in [0.05, 0.1) is 16.5 Å². The molecule has 2 aliphatic heterocycles. The molecule has 0 bridgehead atoms. The van der Waals surface area contributed by atoms with Gasteiger partial charge >= 0.3 is 29.6 Å². The Balaban J connectivity index is 0.00000218. The maximum absolute atomic E-state index is 12.0. The third kappa shape index (κ3) is 2.70. The van der Waals surface area contributed by atoms with Crippen LogP contribution in [0.2, 0.25) is 0 Å². The first-order valence-electron chi connectivity index (χ1n) is 9.26. The average Bonchev–Trinajstić information content (AvgIpc) is 2.85. The summed E-state index contributed by atoms with van der Waals surface area (Å²) < 4.78 is 42.4. The molecule has 5 rings (SSSR count). The molecule has 0 radical (unpaired) electrons. The zero-order valence-electron chi connectivity index (χ0n) is 17.2. The number of anilines is 1. The first-order valence-corrected chi connectivity index (χ1v) is 10.7. The van der Waals surface area contributed by atoms with Crippen LogP contribution in [-0.4, -0.2) is 32.0 Å². The van der Waals surface area contributed by atoms with Gasteiger partial charge in [0, 0.05) is 29.6 Å². The molecule has 0 amide bonds. The van der Waals surface area contributed by atoms with Crippen LogP contribution in [0.1, 0.15) is 19.4 Å². The molecule has 1 atom stereocenters. The van der Waals surface area contributed by atoms with E-state index in [9.17, 15) is 13.0 Å². The van der Waals surface area contributed by atoms with Crippen molar-refractivity contribution < 1.29 is 47.3 Å². The maximum Gasteiger partial charge on any atom is 1.00 e. The molecule has 0 saturated heterocycles. The van der Waals surface area contributed by atoms with E-state index in [-0.39, 0.29) is 40.2 Å². The normalized spacial score (nSPS) is 21.1. The minimum atomic E-state index is -4.69. The molecule has 3 aromatic carbocycles. The Labute approximate surface area is 197 Å². The van der Waals surface area contributed by atoms with Crippen molar-refractivity contribution in [3.8, 4) is 5.75 Å². The quantitative estimate of drug-likeness (QED) is 0.424. The van der Waals surface area contributed by atoms with Crippen LogP contribution < -0.4 is 39.2 Å². The van der Waals surface area contributed by atoms with Crippen molar-refractivity contribution in [3.05, 3.63) is 60.2 Å². The van der Waals surface area contributed by atoms with E-state index in [0.29, 0.717) is 16.5 Å². The van der Waals surface area contributed by atoms with Crippen LogP contribution in [-0.2, 0) is 15.5 Å². The first-order chi connectivity index (χ1) is 13.7. The van der Waals surface area contributed by atoms with Gasteiger partial charge in [-0.25, -0.2) is 8.42 Å². The van der Waals surface area contributed by atoms with Crippen LogP contribution >= 0.6 is 0 Å². The van der Waals surface area contributed by atoms with Crippen molar-refractivity contribution in [1.29, 1.82) is 0 Å². The minimum absolute atomic E-state index is 0. The first kappa shape index (κ1) is 21.3. The largest absolute Gasteiger partial charge is 1.00 e. The summed E-state index contributed by atoms with van der Waals surface area (Å²) in [6.07, 6.45) is 1.78. The zero-order chi connectivity index (χ0) is 20.6. The molecule has 1 spiro atoms. The van der Waals surface area contributed by atoms with E-state index in [1.165, 1.54) is 6.07 Å². The second-order valence-electron chi connectivity index (χ2n) is 7.98. The van der Waals surface area contributed by atoms with Gasteiger partial charge in [0.1, 0.15) is 15.8 Å². The van der Waals surface area contributed by atoms with Gasteiger partial charge in [-0.05, 0) is 25.5 Å². The fourth-order valence-corrected chi connectivity index (χ4v) is 5.29. The number of aliphatic imine (C=N–C) groups is 1. The van der Waals surface area contributed by atoms with Crippen molar-refractivity contribution in [3.63, 3.8) is 0 Å². The van der Waals surface area contributed by atoms with E-state index in [2.05, 4.69) is 19.9 Å². The third-order valence-electron chi connectivity index (χ3n) is 6.18. The van der Waals surface area contributed by atoms with Gasteiger partial charge in [0.2, 0.25) is 5.72 Å². The van der Waals surface area contributed by atoms with Crippen molar-refractivity contribution in [2.75, 3.05) is 11.9 Å². The molecule has 0 aromatic heterocycles. The zero-order valence-corrected chi connectivity index (χ0v) is 20.0. The number of ether oxygens (including phenoxy) is 1. The second kappa shape index (κ2) is 6.80. The Hall–Kier alpha value is -1.90. The molecule has 2 heterocycles. The Morgan fingerprint density at radius 2 is 1.67 bits per heavy atom. The number of para-hydroxylation sites is 1. The summed E-state index contributed by atoms with van der Waals surface area (Å²) in [6.45, 7) is 4.14. The van der Waals surface area contributed by atoms with Crippen LogP contribution in [0.3, 0.4) is 0 Å². The predicted octanol–water partition coefficient (Wildman–Crippen LogP) is 0.966. The fraction of sp³-hybridized carbons (Fsp3) is 0.227. The van der Waals surface area contributed by atoms with Gasteiger partial charge in [0.15, 0.2) is 5.75 Å². The molecule has 0 fully saturated rings. The second-order valence-corrected chi connectivity index (χ2v) is 9.33. The Kier molecular flexibility index (Phi) is 4.84. The van der Waals surface area contributed by atoms with Crippen molar-refractivity contribution in [2.24, 2.45) is 4.99 Å². The van der Waals surface area contributed by atoms with Crippen LogP contribution in [0.25, 0.3) is 10.8 Å². The van der Waals surface area contributed by atoms with E-state index in [4.69, 9.17) is 9.73 Å². The molecule has 0 aliphatic carbocycles. The summed E-state index contributed by atoms with van der Waals surface area (Å²) in [5.41, 5.74) is 1.23. The maximum atomic E-state index is 12.0. The van der Waals surface area contributed by atoms with Gasteiger partial charge < -0.3 is 14.2 Å². The van der Waals surface area contributed by atoms with Gasteiger partial charge in [-0.3, -0.25) is 4.99 Å².